The van der Waals surface area contributed by atoms with Crippen LogP contribution in [0, 0.1) is 12.8 Å². The molecule has 0 aliphatic heterocycles. The molecular formula is C15H15N3O2S. The Labute approximate surface area is 126 Å². The topological polar surface area (TPSA) is 72.0 Å². The molecule has 0 saturated heterocycles. The Morgan fingerprint density at radius 3 is 2.90 bits per heavy atom. The molecule has 0 fully saturated rings. The van der Waals surface area contributed by atoms with Gasteiger partial charge in [0.25, 0.3) is 5.91 Å². The molecule has 5 nitrogen and oxygen atoms in total. The number of carbonyl (C=O) groups is 2. The van der Waals surface area contributed by atoms with Gasteiger partial charge in [0.05, 0.1) is 21.8 Å². The molecule has 2 heterocycles. The molecule has 2 aromatic rings. The maximum Gasteiger partial charge on any atom is 0.268 e. The number of rotatable bonds is 2. The van der Waals surface area contributed by atoms with Crippen LogP contribution < -0.4 is 5.32 Å². The molecule has 0 saturated carbocycles. The summed E-state index contributed by atoms with van der Waals surface area (Å²) < 4.78 is 0. The fourth-order valence-electron chi connectivity index (χ4n) is 2.59. The second kappa shape index (κ2) is 5.37. The van der Waals surface area contributed by atoms with Crippen molar-refractivity contribution in [3.05, 3.63) is 39.3 Å². The van der Waals surface area contributed by atoms with E-state index in [9.17, 15) is 9.59 Å². The molecule has 1 N–H and O–H groups in total. The molecule has 2 aromatic heterocycles. The van der Waals surface area contributed by atoms with Gasteiger partial charge in [0.15, 0.2) is 5.78 Å². The highest BCUT2D eigenvalue weighted by Gasteiger charge is 2.27. The Kier molecular flexibility index (Phi) is 3.55. The molecule has 0 spiro atoms. The number of fused-ring (bicyclic) bond motifs is 1. The van der Waals surface area contributed by atoms with Gasteiger partial charge in [0.1, 0.15) is 0 Å². The number of aryl methyl sites for hydroxylation is 1. The smallest absolute Gasteiger partial charge is 0.268 e. The average molecular weight is 301 g/mol. The number of aromatic nitrogens is 2. The van der Waals surface area contributed by atoms with Crippen LogP contribution in [0.25, 0.3) is 0 Å². The molecule has 1 unspecified atom stereocenters. The Morgan fingerprint density at radius 2 is 2.19 bits per heavy atom. The Balaban J connectivity index is 1.91. The summed E-state index contributed by atoms with van der Waals surface area (Å²) in [5.74, 6) is 0.420. The van der Waals surface area contributed by atoms with Crippen molar-refractivity contribution >= 4 is 29.0 Å². The second-order valence-corrected chi connectivity index (χ2v) is 6.27. The van der Waals surface area contributed by atoms with Crippen molar-refractivity contribution < 1.29 is 9.59 Å². The van der Waals surface area contributed by atoms with E-state index in [0.29, 0.717) is 22.6 Å². The number of hydrogen-bond donors (Lipinski definition) is 1. The van der Waals surface area contributed by atoms with Crippen LogP contribution in [0.15, 0.2) is 17.5 Å². The first-order valence-electron chi connectivity index (χ1n) is 6.80. The van der Waals surface area contributed by atoms with Crippen LogP contribution >= 0.6 is 11.3 Å². The van der Waals surface area contributed by atoms with Crippen LogP contribution in [-0.2, 0) is 6.42 Å². The molecule has 0 bridgehead atoms. The predicted octanol–water partition coefficient (Wildman–Crippen LogP) is 2.86. The Hall–Kier alpha value is -2.08. The first-order chi connectivity index (χ1) is 10.0. The first kappa shape index (κ1) is 13.9. The summed E-state index contributed by atoms with van der Waals surface area (Å²) in [4.78, 5) is 33.3. The molecule has 1 aliphatic carbocycles. The van der Waals surface area contributed by atoms with Gasteiger partial charge in [-0.05, 0) is 30.7 Å². The summed E-state index contributed by atoms with van der Waals surface area (Å²) in [5.41, 5.74) is 2.01. The maximum atomic E-state index is 12.1. The zero-order valence-corrected chi connectivity index (χ0v) is 12.7. The van der Waals surface area contributed by atoms with Crippen molar-refractivity contribution in [2.45, 2.75) is 26.7 Å². The SMILES string of the molecule is Cc1nc(NC(=O)c2cccs2)nc2c1C(=O)CC(C)C2. The highest BCUT2D eigenvalue weighted by molar-refractivity contribution is 7.12. The van der Waals surface area contributed by atoms with Crippen molar-refractivity contribution in [1.29, 1.82) is 0 Å². The number of nitrogens with zero attached hydrogens (tertiary/aromatic N) is 2. The molecule has 108 valence electrons. The number of ketones is 1. The number of carbonyl (C=O) groups excluding carboxylic acids is 2. The molecule has 1 amide bonds. The van der Waals surface area contributed by atoms with Crippen molar-refractivity contribution in [2.24, 2.45) is 5.92 Å². The third-order valence-corrected chi connectivity index (χ3v) is 4.36. The zero-order chi connectivity index (χ0) is 15.0. The van der Waals surface area contributed by atoms with Crippen LogP contribution in [0.2, 0.25) is 0 Å². The van der Waals surface area contributed by atoms with E-state index in [1.165, 1.54) is 11.3 Å². The lowest BCUT2D eigenvalue weighted by atomic mass is 9.86. The summed E-state index contributed by atoms with van der Waals surface area (Å²) in [6.07, 6.45) is 1.28. The minimum absolute atomic E-state index is 0.0948. The summed E-state index contributed by atoms with van der Waals surface area (Å²) in [6, 6.07) is 3.57. The maximum absolute atomic E-state index is 12.1. The monoisotopic (exact) mass is 301 g/mol. The van der Waals surface area contributed by atoms with Crippen molar-refractivity contribution in [2.75, 3.05) is 5.32 Å². The Morgan fingerprint density at radius 1 is 1.38 bits per heavy atom. The van der Waals surface area contributed by atoms with E-state index in [2.05, 4.69) is 15.3 Å². The van der Waals surface area contributed by atoms with Crippen LogP contribution in [0.1, 0.15) is 44.8 Å². The number of hydrogen-bond acceptors (Lipinski definition) is 5. The van der Waals surface area contributed by atoms with Gasteiger partial charge in [0.2, 0.25) is 5.95 Å². The average Bonchev–Trinajstić information content (AvgIpc) is 2.90. The lowest BCUT2D eigenvalue weighted by molar-refractivity contribution is 0.0950. The number of amides is 1. The summed E-state index contributed by atoms with van der Waals surface area (Å²) in [6.45, 7) is 3.82. The fraction of sp³-hybridized carbons (Fsp3) is 0.333. The Bertz CT molecular complexity index is 710. The quantitative estimate of drug-likeness (QED) is 0.925. The summed E-state index contributed by atoms with van der Waals surface area (Å²) in [5, 5.41) is 4.54. The van der Waals surface area contributed by atoms with Gasteiger partial charge in [-0.25, -0.2) is 9.97 Å². The van der Waals surface area contributed by atoms with E-state index < -0.39 is 0 Å². The van der Waals surface area contributed by atoms with Crippen LogP contribution in [0.5, 0.6) is 0 Å². The van der Waals surface area contributed by atoms with E-state index in [1.807, 2.05) is 18.4 Å². The van der Waals surface area contributed by atoms with E-state index in [4.69, 9.17) is 0 Å². The molecule has 21 heavy (non-hydrogen) atoms. The molecule has 3 rings (SSSR count). The van der Waals surface area contributed by atoms with Gasteiger partial charge >= 0.3 is 0 Å². The predicted molar refractivity (Wildman–Crippen MR) is 80.9 cm³/mol. The molecule has 0 radical (unpaired) electrons. The third-order valence-electron chi connectivity index (χ3n) is 3.49. The zero-order valence-electron chi connectivity index (χ0n) is 11.8. The number of Topliss-reactive ketones (excluding diaryl/α,β-unsaturated/α-hetero) is 1. The molecule has 1 aliphatic rings. The van der Waals surface area contributed by atoms with Gasteiger partial charge in [-0.3, -0.25) is 14.9 Å². The van der Waals surface area contributed by atoms with Gasteiger partial charge in [-0.2, -0.15) is 0 Å². The standard InChI is InChI=1S/C15H15N3O2S/c1-8-6-10-13(11(19)7-8)9(2)16-15(17-10)18-14(20)12-4-3-5-21-12/h3-5,8H,6-7H2,1-2H3,(H,16,17,18,20). The molecule has 0 aromatic carbocycles. The highest BCUT2D eigenvalue weighted by Crippen LogP contribution is 2.26. The van der Waals surface area contributed by atoms with Crippen LogP contribution in [0.3, 0.4) is 0 Å². The number of anilines is 1. The van der Waals surface area contributed by atoms with E-state index in [0.717, 1.165) is 12.1 Å². The van der Waals surface area contributed by atoms with E-state index in [1.54, 1.807) is 13.0 Å². The van der Waals surface area contributed by atoms with Gasteiger partial charge < -0.3 is 0 Å². The molecular weight excluding hydrogens is 286 g/mol. The minimum atomic E-state index is -0.223. The molecule has 6 heteroatoms. The van der Waals surface area contributed by atoms with Gasteiger partial charge in [-0.15, -0.1) is 11.3 Å². The van der Waals surface area contributed by atoms with Crippen molar-refractivity contribution in [3.8, 4) is 0 Å². The lowest BCUT2D eigenvalue weighted by Crippen LogP contribution is -2.23. The second-order valence-electron chi connectivity index (χ2n) is 5.32. The van der Waals surface area contributed by atoms with Gasteiger partial charge in [-0.1, -0.05) is 13.0 Å². The summed E-state index contributed by atoms with van der Waals surface area (Å²) >= 11 is 1.36. The lowest BCUT2D eigenvalue weighted by Gasteiger charge is -2.21. The number of nitrogens with one attached hydrogen (secondary N) is 1. The normalized spacial score (nSPS) is 17.4. The first-order valence-corrected chi connectivity index (χ1v) is 7.68. The van der Waals surface area contributed by atoms with Crippen molar-refractivity contribution in [1.82, 2.24) is 9.97 Å². The van der Waals surface area contributed by atoms with Gasteiger partial charge in [0, 0.05) is 6.42 Å². The van der Waals surface area contributed by atoms with E-state index >= 15 is 0 Å². The molecule has 1 atom stereocenters. The van der Waals surface area contributed by atoms with Crippen LogP contribution in [-0.4, -0.2) is 21.7 Å². The third kappa shape index (κ3) is 2.71. The summed E-state index contributed by atoms with van der Waals surface area (Å²) in [7, 11) is 0. The van der Waals surface area contributed by atoms with Crippen molar-refractivity contribution in [3.63, 3.8) is 0 Å². The fourth-order valence-corrected chi connectivity index (χ4v) is 3.21. The number of thiophene rings is 1. The van der Waals surface area contributed by atoms with E-state index in [-0.39, 0.29) is 23.6 Å². The highest BCUT2D eigenvalue weighted by atomic mass is 32.1. The largest absolute Gasteiger partial charge is 0.294 e. The minimum Gasteiger partial charge on any atom is -0.294 e. The van der Waals surface area contributed by atoms with Crippen LogP contribution in [0.4, 0.5) is 5.95 Å².